The Labute approximate surface area is 136 Å². The number of nitrogens with one attached hydrogen (secondary N) is 2. The normalized spacial score (nSPS) is 12.0. The van der Waals surface area contributed by atoms with Crippen LogP contribution in [0.5, 0.6) is 11.5 Å². The molecule has 0 atom stereocenters. The zero-order chi connectivity index (χ0) is 16.4. The van der Waals surface area contributed by atoms with Gasteiger partial charge in [-0.3, -0.25) is 0 Å². The molecule has 120 valence electrons. The second-order valence-corrected chi connectivity index (χ2v) is 4.91. The first-order chi connectivity index (χ1) is 11.8. The van der Waals surface area contributed by atoms with Crippen LogP contribution in [0.4, 0.5) is 29.1 Å². The first-order valence-electron chi connectivity index (χ1n) is 7.10. The van der Waals surface area contributed by atoms with Crippen LogP contribution < -0.4 is 25.8 Å². The summed E-state index contributed by atoms with van der Waals surface area (Å²) in [6.07, 6.45) is 3.07. The molecule has 4 N–H and O–H groups in total. The molecular weight excluding hydrogens is 310 g/mol. The highest BCUT2D eigenvalue weighted by Gasteiger charge is 2.13. The van der Waals surface area contributed by atoms with E-state index in [-0.39, 0.29) is 12.7 Å². The summed E-state index contributed by atoms with van der Waals surface area (Å²) in [6, 6.07) is 8.98. The average Bonchev–Trinajstić information content (AvgIpc) is 3.03. The van der Waals surface area contributed by atoms with Crippen molar-refractivity contribution >= 4 is 29.1 Å². The summed E-state index contributed by atoms with van der Waals surface area (Å²) in [4.78, 5) is 16.3. The second kappa shape index (κ2) is 5.88. The van der Waals surface area contributed by atoms with Gasteiger partial charge in [0.1, 0.15) is 23.8 Å². The van der Waals surface area contributed by atoms with Crippen molar-refractivity contribution in [2.45, 2.75) is 0 Å². The average molecular weight is 323 g/mol. The minimum atomic E-state index is 0.136. The van der Waals surface area contributed by atoms with Crippen LogP contribution in [-0.4, -0.2) is 26.7 Å². The molecule has 0 amide bonds. The van der Waals surface area contributed by atoms with Crippen molar-refractivity contribution in [3.05, 3.63) is 42.9 Å². The summed E-state index contributed by atoms with van der Waals surface area (Å²) in [6.45, 7) is 0.228. The SMILES string of the molecule is Nc1nc(Nc2ccc3c(c2)OCO3)cc(Nc2ccncn2)n1. The van der Waals surface area contributed by atoms with Crippen LogP contribution >= 0.6 is 0 Å². The lowest BCUT2D eigenvalue weighted by atomic mass is 10.3. The lowest BCUT2D eigenvalue weighted by Gasteiger charge is -2.10. The van der Waals surface area contributed by atoms with E-state index in [4.69, 9.17) is 15.2 Å². The number of ether oxygens (including phenoxy) is 2. The van der Waals surface area contributed by atoms with Crippen molar-refractivity contribution in [3.63, 3.8) is 0 Å². The molecule has 3 heterocycles. The molecule has 9 heteroatoms. The molecule has 3 aromatic rings. The Bertz CT molecular complexity index is 873. The van der Waals surface area contributed by atoms with Crippen molar-refractivity contribution in [3.8, 4) is 11.5 Å². The maximum atomic E-state index is 5.78. The number of nitrogens with zero attached hydrogens (tertiary/aromatic N) is 4. The van der Waals surface area contributed by atoms with E-state index in [0.29, 0.717) is 29.0 Å². The van der Waals surface area contributed by atoms with Crippen LogP contribution in [0.1, 0.15) is 0 Å². The Kier molecular flexibility index (Phi) is 3.43. The van der Waals surface area contributed by atoms with Gasteiger partial charge in [0, 0.05) is 24.0 Å². The van der Waals surface area contributed by atoms with Gasteiger partial charge in [0.15, 0.2) is 11.5 Å². The number of nitrogens with two attached hydrogens (primary N) is 1. The molecular formula is C15H13N7O2. The third kappa shape index (κ3) is 2.95. The number of hydrogen-bond acceptors (Lipinski definition) is 9. The molecule has 0 saturated heterocycles. The molecule has 1 aliphatic heterocycles. The molecule has 4 rings (SSSR count). The molecule has 1 aliphatic rings. The van der Waals surface area contributed by atoms with Gasteiger partial charge in [-0.05, 0) is 18.2 Å². The Morgan fingerprint density at radius 1 is 0.917 bits per heavy atom. The molecule has 0 aliphatic carbocycles. The topological polar surface area (TPSA) is 120 Å². The second-order valence-electron chi connectivity index (χ2n) is 4.91. The molecule has 0 unspecified atom stereocenters. The third-order valence-corrected chi connectivity index (χ3v) is 3.23. The number of anilines is 5. The summed E-state index contributed by atoms with van der Waals surface area (Å²) in [5, 5.41) is 6.21. The quantitative estimate of drug-likeness (QED) is 0.662. The van der Waals surface area contributed by atoms with Crippen molar-refractivity contribution in [2.24, 2.45) is 0 Å². The van der Waals surface area contributed by atoms with Crippen LogP contribution in [0, 0.1) is 0 Å². The van der Waals surface area contributed by atoms with Crippen LogP contribution in [0.2, 0.25) is 0 Å². The molecule has 1 aromatic carbocycles. The van der Waals surface area contributed by atoms with Crippen molar-refractivity contribution in [1.29, 1.82) is 0 Å². The first kappa shape index (κ1) is 14.0. The number of fused-ring (bicyclic) bond motifs is 1. The lowest BCUT2D eigenvalue weighted by Crippen LogP contribution is -2.04. The highest BCUT2D eigenvalue weighted by atomic mass is 16.7. The van der Waals surface area contributed by atoms with E-state index >= 15 is 0 Å². The Hall–Kier alpha value is -3.62. The predicted molar refractivity (Wildman–Crippen MR) is 87.6 cm³/mol. The molecule has 0 saturated carbocycles. The summed E-state index contributed by atoms with van der Waals surface area (Å²) >= 11 is 0. The molecule has 9 nitrogen and oxygen atoms in total. The van der Waals surface area contributed by atoms with E-state index < -0.39 is 0 Å². The lowest BCUT2D eigenvalue weighted by molar-refractivity contribution is 0.174. The van der Waals surface area contributed by atoms with Gasteiger partial charge >= 0.3 is 0 Å². The van der Waals surface area contributed by atoms with Crippen molar-refractivity contribution in [1.82, 2.24) is 19.9 Å². The van der Waals surface area contributed by atoms with E-state index in [1.165, 1.54) is 6.33 Å². The van der Waals surface area contributed by atoms with Crippen LogP contribution in [0.15, 0.2) is 42.9 Å². The van der Waals surface area contributed by atoms with Gasteiger partial charge in [0.05, 0.1) is 0 Å². The summed E-state index contributed by atoms with van der Waals surface area (Å²) < 4.78 is 10.6. The molecule has 0 bridgehead atoms. The standard InChI is InChI=1S/C15H13N7O2/c16-15-21-13(6-14(22-15)20-12-3-4-17-7-18-12)19-9-1-2-10-11(5-9)24-8-23-10/h1-7H,8H2,(H4,16,17,18,19,20,21,22). The predicted octanol–water partition coefficient (Wildman–Crippen LogP) is 2.06. The highest BCUT2D eigenvalue weighted by Crippen LogP contribution is 2.35. The largest absolute Gasteiger partial charge is 0.454 e. The molecule has 0 fully saturated rings. The number of nitrogen functional groups attached to an aromatic ring is 1. The molecule has 0 spiro atoms. The third-order valence-electron chi connectivity index (χ3n) is 3.23. The van der Waals surface area contributed by atoms with E-state index in [1.807, 2.05) is 18.2 Å². The fourth-order valence-corrected chi connectivity index (χ4v) is 2.21. The number of rotatable bonds is 4. The zero-order valence-corrected chi connectivity index (χ0v) is 12.4. The maximum absolute atomic E-state index is 5.78. The fraction of sp³-hybridized carbons (Fsp3) is 0.0667. The van der Waals surface area contributed by atoms with E-state index in [1.54, 1.807) is 18.3 Å². The molecule has 2 aromatic heterocycles. The Morgan fingerprint density at radius 3 is 2.58 bits per heavy atom. The van der Waals surface area contributed by atoms with Gasteiger partial charge in [-0.1, -0.05) is 0 Å². The maximum Gasteiger partial charge on any atom is 0.231 e. The summed E-state index contributed by atoms with van der Waals surface area (Å²) in [7, 11) is 0. The van der Waals surface area contributed by atoms with Crippen molar-refractivity contribution < 1.29 is 9.47 Å². The van der Waals surface area contributed by atoms with Gasteiger partial charge in [0.2, 0.25) is 12.7 Å². The van der Waals surface area contributed by atoms with Crippen LogP contribution in [-0.2, 0) is 0 Å². The van der Waals surface area contributed by atoms with Crippen LogP contribution in [0.25, 0.3) is 0 Å². The Balaban J connectivity index is 1.57. The first-order valence-corrected chi connectivity index (χ1v) is 7.10. The van der Waals surface area contributed by atoms with E-state index in [2.05, 4.69) is 30.6 Å². The smallest absolute Gasteiger partial charge is 0.231 e. The van der Waals surface area contributed by atoms with Gasteiger partial charge in [-0.2, -0.15) is 9.97 Å². The van der Waals surface area contributed by atoms with Crippen LogP contribution in [0.3, 0.4) is 0 Å². The zero-order valence-electron chi connectivity index (χ0n) is 12.4. The fourth-order valence-electron chi connectivity index (χ4n) is 2.21. The van der Waals surface area contributed by atoms with Gasteiger partial charge in [-0.25, -0.2) is 9.97 Å². The number of benzene rings is 1. The van der Waals surface area contributed by atoms with Crippen molar-refractivity contribution in [2.75, 3.05) is 23.2 Å². The van der Waals surface area contributed by atoms with Gasteiger partial charge < -0.3 is 25.8 Å². The minimum Gasteiger partial charge on any atom is -0.454 e. The monoisotopic (exact) mass is 323 g/mol. The summed E-state index contributed by atoms with van der Waals surface area (Å²) in [5.74, 6) is 3.20. The summed E-state index contributed by atoms with van der Waals surface area (Å²) in [5.41, 5.74) is 6.57. The van der Waals surface area contributed by atoms with E-state index in [0.717, 1.165) is 5.69 Å². The van der Waals surface area contributed by atoms with E-state index in [9.17, 15) is 0 Å². The van der Waals surface area contributed by atoms with Gasteiger partial charge in [-0.15, -0.1) is 0 Å². The highest BCUT2D eigenvalue weighted by molar-refractivity contribution is 5.65. The Morgan fingerprint density at radius 2 is 1.75 bits per heavy atom. The number of hydrogen-bond donors (Lipinski definition) is 3. The molecule has 24 heavy (non-hydrogen) atoms. The minimum absolute atomic E-state index is 0.136. The number of aromatic nitrogens is 4. The van der Waals surface area contributed by atoms with Gasteiger partial charge in [0.25, 0.3) is 0 Å². The molecule has 0 radical (unpaired) electrons.